The van der Waals surface area contributed by atoms with Crippen LogP contribution in [0.1, 0.15) is 11.1 Å². The van der Waals surface area contributed by atoms with E-state index in [9.17, 15) is 20.6 Å². The normalized spacial score (nSPS) is 9.96. The van der Waals surface area contributed by atoms with Gasteiger partial charge in [0, 0.05) is 17.4 Å². The average Bonchev–Trinajstić information content (AvgIpc) is 2.59. The van der Waals surface area contributed by atoms with Crippen LogP contribution in [0.15, 0.2) is 29.3 Å². The van der Waals surface area contributed by atoms with E-state index in [2.05, 4.69) is 4.98 Å². The van der Waals surface area contributed by atoms with Crippen molar-refractivity contribution in [2.45, 2.75) is 5.03 Å². The molecule has 1 aromatic carbocycles. The average molecular weight is 341 g/mol. The van der Waals surface area contributed by atoms with Crippen LogP contribution in [-0.2, 0) is 0 Å². The van der Waals surface area contributed by atoms with Gasteiger partial charge in [0.25, 0.3) is 5.69 Å². The molecule has 0 saturated heterocycles. The monoisotopic (exact) mass is 341 g/mol. The van der Waals surface area contributed by atoms with E-state index in [1.807, 2.05) is 12.1 Å². The topological polar surface area (TPSA) is 150 Å². The zero-order chi connectivity index (χ0) is 17.7. The Morgan fingerprint density at radius 2 is 1.96 bits per heavy atom. The molecule has 0 unspecified atom stereocenters. The number of aliphatic hydroxyl groups is 1. The minimum absolute atomic E-state index is 0.0218. The molecule has 2 rings (SSSR count). The lowest BCUT2D eigenvalue weighted by molar-refractivity contribution is -0.384. The van der Waals surface area contributed by atoms with Gasteiger partial charge >= 0.3 is 0 Å². The molecule has 1 heterocycles. The zero-order valence-electron chi connectivity index (χ0n) is 12.3. The summed E-state index contributed by atoms with van der Waals surface area (Å²) in [6, 6.07) is 9.62. The zero-order valence-corrected chi connectivity index (χ0v) is 13.1. The SMILES string of the molecule is N#Cc1c(N)nc(SCCO)c(C#N)c1-c1ccccc1[N+](=O)[O-]. The standard InChI is InChI=1S/C15H11N5O3S/c16-7-10-13(9-3-1-2-4-12(9)20(22)23)11(8-17)15(19-14(10)18)24-6-5-21/h1-4,21H,5-6H2,(H2,18,19). The molecule has 0 atom stereocenters. The molecule has 0 fully saturated rings. The highest BCUT2D eigenvalue weighted by atomic mass is 32.2. The Balaban J connectivity index is 2.87. The number of anilines is 1. The third kappa shape index (κ3) is 3.13. The predicted octanol–water partition coefficient (Wildman–Crippen LogP) is 2.07. The lowest BCUT2D eigenvalue weighted by Gasteiger charge is -2.12. The number of nitrogens with zero attached hydrogens (tertiary/aromatic N) is 4. The largest absolute Gasteiger partial charge is 0.396 e. The Kier molecular flexibility index (Phi) is 5.32. The minimum atomic E-state index is -0.588. The van der Waals surface area contributed by atoms with E-state index >= 15 is 0 Å². The van der Waals surface area contributed by atoms with Gasteiger partial charge in [-0.2, -0.15) is 10.5 Å². The maximum Gasteiger partial charge on any atom is 0.277 e. The highest BCUT2D eigenvalue weighted by molar-refractivity contribution is 7.99. The first kappa shape index (κ1) is 17.2. The van der Waals surface area contributed by atoms with Crippen molar-refractivity contribution in [3.63, 3.8) is 0 Å². The first-order valence-corrected chi connectivity index (χ1v) is 7.64. The summed E-state index contributed by atoms with van der Waals surface area (Å²) >= 11 is 1.09. The van der Waals surface area contributed by atoms with Gasteiger partial charge in [0.15, 0.2) is 0 Å². The summed E-state index contributed by atoms with van der Waals surface area (Å²) in [6.45, 7) is -0.141. The van der Waals surface area contributed by atoms with Gasteiger partial charge in [-0.15, -0.1) is 11.8 Å². The molecular formula is C15H11N5O3S. The van der Waals surface area contributed by atoms with E-state index in [4.69, 9.17) is 10.8 Å². The molecule has 3 N–H and O–H groups in total. The summed E-state index contributed by atoms with van der Waals surface area (Å²) in [6.07, 6.45) is 0. The molecule has 120 valence electrons. The van der Waals surface area contributed by atoms with E-state index in [0.717, 1.165) is 11.8 Å². The molecular weight excluding hydrogens is 330 g/mol. The van der Waals surface area contributed by atoms with Crippen molar-refractivity contribution in [2.24, 2.45) is 0 Å². The van der Waals surface area contributed by atoms with Crippen molar-refractivity contribution in [3.8, 4) is 23.3 Å². The number of aromatic nitrogens is 1. The Labute approximate surface area is 141 Å². The number of pyridine rings is 1. The number of rotatable bonds is 5. The number of benzene rings is 1. The summed E-state index contributed by atoms with van der Waals surface area (Å²) in [5, 5.41) is 39.4. The van der Waals surface area contributed by atoms with E-state index in [0.29, 0.717) is 0 Å². The smallest absolute Gasteiger partial charge is 0.277 e. The van der Waals surface area contributed by atoms with Crippen molar-refractivity contribution in [2.75, 3.05) is 18.1 Å². The van der Waals surface area contributed by atoms with Crippen LogP contribution in [0.2, 0.25) is 0 Å². The van der Waals surface area contributed by atoms with Gasteiger partial charge in [0.1, 0.15) is 28.5 Å². The van der Waals surface area contributed by atoms with E-state index < -0.39 is 4.92 Å². The fraction of sp³-hybridized carbons (Fsp3) is 0.133. The van der Waals surface area contributed by atoms with Crippen molar-refractivity contribution in [1.29, 1.82) is 10.5 Å². The molecule has 0 spiro atoms. The Morgan fingerprint density at radius 3 is 2.54 bits per heavy atom. The molecule has 0 radical (unpaired) electrons. The first-order chi connectivity index (χ1) is 11.5. The highest BCUT2D eigenvalue weighted by Crippen LogP contribution is 2.39. The fourth-order valence-electron chi connectivity index (χ4n) is 2.16. The van der Waals surface area contributed by atoms with Crippen LogP contribution >= 0.6 is 11.8 Å². The van der Waals surface area contributed by atoms with Gasteiger partial charge in [-0.3, -0.25) is 10.1 Å². The second-order valence-electron chi connectivity index (χ2n) is 4.50. The minimum Gasteiger partial charge on any atom is -0.396 e. The van der Waals surface area contributed by atoms with Crippen LogP contribution in [0.5, 0.6) is 0 Å². The molecule has 8 nitrogen and oxygen atoms in total. The predicted molar refractivity (Wildman–Crippen MR) is 88.0 cm³/mol. The van der Waals surface area contributed by atoms with Crippen LogP contribution in [-0.4, -0.2) is 27.4 Å². The van der Waals surface area contributed by atoms with Crippen LogP contribution < -0.4 is 5.73 Å². The molecule has 0 aliphatic rings. The molecule has 9 heteroatoms. The van der Waals surface area contributed by atoms with Crippen molar-refractivity contribution >= 4 is 23.3 Å². The van der Waals surface area contributed by atoms with Crippen molar-refractivity contribution in [3.05, 3.63) is 45.5 Å². The molecule has 0 aliphatic carbocycles. The number of hydrogen-bond donors (Lipinski definition) is 2. The summed E-state index contributed by atoms with van der Waals surface area (Å²) in [5.74, 6) is 0.147. The number of nitriles is 2. The molecule has 2 aromatic rings. The summed E-state index contributed by atoms with van der Waals surface area (Å²) < 4.78 is 0. The number of nitro benzene ring substituents is 1. The number of nitrogens with two attached hydrogens (primary N) is 1. The maximum atomic E-state index is 11.3. The molecule has 0 aliphatic heterocycles. The van der Waals surface area contributed by atoms with E-state index in [1.54, 1.807) is 6.07 Å². The van der Waals surface area contributed by atoms with Crippen LogP contribution in [0, 0.1) is 32.8 Å². The summed E-state index contributed by atoms with van der Waals surface area (Å²) in [4.78, 5) is 14.7. The van der Waals surface area contributed by atoms with Gasteiger partial charge in [-0.05, 0) is 6.07 Å². The molecule has 1 aromatic heterocycles. The number of para-hydroxylation sites is 1. The van der Waals surface area contributed by atoms with Gasteiger partial charge in [0.05, 0.1) is 22.7 Å². The van der Waals surface area contributed by atoms with Crippen LogP contribution in [0.4, 0.5) is 11.5 Å². The summed E-state index contributed by atoms with van der Waals surface area (Å²) in [5.41, 5.74) is 5.70. The third-order valence-electron chi connectivity index (χ3n) is 3.12. The second-order valence-corrected chi connectivity index (χ2v) is 5.58. The second kappa shape index (κ2) is 7.42. The highest BCUT2D eigenvalue weighted by Gasteiger charge is 2.25. The van der Waals surface area contributed by atoms with Crippen molar-refractivity contribution in [1.82, 2.24) is 4.98 Å². The van der Waals surface area contributed by atoms with Gasteiger partial charge in [-0.25, -0.2) is 4.98 Å². The molecule has 0 amide bonds. The van der Waals surface area contributed by atoms with Gasteiger partial charge in [-0.1, -0.05) is 12.1 Å². The first-order valence-electron chi connectivity index (χ1n) is 6.66. The number of nitrogen functional groups attached to an aromatic ring is 1. The molecule has 0 bridgehead atoms. The van der Waals surface area contributed by atoms with Gasteiger partial charge in [0.2, 0.25) is 0 Å². The molecule has 0 saturated carbocycles. The van der Waals surface area contributed by atoms with Gasteiger partial charge < -0.3 is 10.8 Å². The summed E-state index contributed by atoms with van der Waals surface area (Å²) in [7, 11) is 0. The lowest BCUT2D eigenvalue weighted by atomic mass is 9.95. The van der Waals surface area contributed by atoms with E-state index in [-0.39, 0.29) is 51.1 Å². The number of thioether (sulfide) groups is 1. The Hall–Kier alpha value is -3.14. The van der Waals surface area contributed by atoms with E-state index in [1.165, 1.54) is 18.2 Å². The number of aliphatic hydroxyl groups excluding tert-OH is 1. The van der Waals surface area contributed by atoms with Crippen molar-refractivity contribution < 1.29 is 10.0 Å². The number of hydrogen-bond acceptors (Lipinski definition) is 8. The Morgan fingerprint density at radius 1 is 1.29 bits per heavy atom. The third-order valence-corrected chi connectivity index (χ3v) is 4.07. The lowest BCUT2D eigenvalue weighted by Crippen LogP contribution is -2.05. The maximum absolute atomic E-state index is 11.3. The fourth-order valence-corrected chi connectivity index (χ4v) is 2.90. The van der Waals surface area contributed by atoms with Crippen LogP contribution in [0.3, 0.4) is 0 Å². The quantitative estimate of drug-likeness (QED) is 0.476. The van der Waals surface area contributed by atoms with Crippen LogP contribution in [0.25, 0.3) is 11.1 Å². The molecule has 24 heavy (non-hydrogen) atoms. The Bertz CT molecular complexity index is 886. The number of nitro groups is 1.